The third-order valence-corrected chi connectivity index (χ3v) is 3.41. The average molecular weight is 226 g/mol. The van der Waals surface area contributed by atoms with Gasteiger partial charge in [0.25, 0.3) is 5.91 Å². The monoisotopic (exact) mass is 226 g/mol. The van der Waals surface area contributed by atoms with Crippen LogP contribution in [0.25, 0.3) is 0 Å². The number of likely N-dealkylation sites (N-methyl/N-ethyl adjacent to an activating group) is 1. The molecular formula is C9H14N4OS. The summed E-state index contributed by atoms with van der Waals surface area (Å²) in [5.74, 6) is 0.368. The molecule has 0 atom stereocenters. The van der Waals surface area contributed by atoms with Gasteiger partial charge in [-0.25, -0.2) is 4.98 Å². The summed E-state index contributed by atoms with van der Waals surface area (Å²) in [5, 5.41) is 0. The lowest BCUT2D eigenvalue weighted by Gasteiger charge is -2.32. The van der Waals surface area contributed by atoms with Gasteiger partial charge in [0.05, 0.1) is 5.51 Å². The molecule has 6 heteroatoms. The van der Waals surface area contributed by atoms with Crippen LogP contribution in [-0.2, 0) is 0 Å². The fourth-order valence-corrected chi connectivity index (χ4v) is 2.24. The first kappa shape index (κ1) is 10.4. The molecule has 0 unspecified atom stereocenters. The molecule has 0 spiro atoms. The zero-order chi connectivity index (χ0) is 10.8. The maximum Gasteiger partial charge on any atom is 0.267 e. The number of aromatic nitrogens is 1. The molecule has 1 aliphatic heterocycles. The second kappa shape index (κ2) is 4.16. The number of thiazole rings is 1. The number of rotatable bonds is 1. The van der Waals surface area contributed by atoms with Gasteiger partial charge in [-0.05, 0) is 7.05 Å². The fraction of sp³-hybridized carbons (Fsp3) is 0.556. The van der Waals surface area contributed by atoms with Gasteiger partial charge in [-0.1, -0.05) is 0 Å². The lowest BCUT2D eigenvalue weighted by atomic mass is 10.3. The van der Waals surface area contributed by atoms with Crippen molar-refractivity contribution in [3.8, 4) is 0 Å². The smallest absolute Gasteiger partial charge is 0.267 e. The van der Waals surface area contributed by atoms with Gasteiger partial charge in [-0.15, -0.1) is 11.3 Å². The highest BCUT2D eigenvalue weighted by Gasteiger charge is 2.23. The minimum Gasteiger partial charge on any atom is -0.382 e. The summed E-state index contributed by atoms with van der Waals surface area (Å²) in [6.45, 7) is 3.38. The molecule has 2 N–H and O–H groups in total. The molecule has 1 aromatic heterocycles. The first-order chi connectivity index (χ1) is 7.18. The Morgan fingerprint density at radius 1 is 1.47 bits per heavy atom. The van der Waals surface area contributed by atoms with Crippen LogP contribution in [0.2, 0.25) is 0 Å². The predicted molar refractivity (Wildman–Crippen MR) is 59.9 cm³/mol. The van der Waals surface area contributed by atoms with Crippen molar-refractivity contribution >= 4 is 23.1 Å². The Labute approximate surface area is 92.5 Å². The van der Waals surface area contributed by atoms with Gasteiger partial charge in [-0.3, -0.25) is 4.79 Å². The van der Waals surface area contributed by atoms with Gasteiger partial charge in [0, 0.05) is 26.2 Å². The Hall–Kier alpha value is -1.14. The van der Waals surface area contributed by atoms with Crippen molar-refractivity contribution in [1.82, 2.24) is 14.8 Å². The van der Waals surface area contributed by atoms with Crippen molar-refractivity contribution in [2.75, 3.05) is 39.0 Å². The Morgan fingerprint density at radius 2 is 2.13 bits per heavy atom. The first-order valence-electron chi connectivity index (χ1n) is 4.85. The van der Waals surface area contributed by atoms with Gasteiger partial charge in [0.1, 0.15) is 10.7 Å². The van der Waals surface area contributed by atoms with Crippen LogP contribution >= 0.6 is 11.3 Å². The van der Waals surface area contributed by atoms with E-state index in [9.17, 15) is 4.79 Å². The first-order valence-corrected chi connectivity index (χ1v) is 5.73. The maximum absolute atomic E-state index is 12.0. The molecule has 1 saturated heterocycles. The van der Waals surface area contributed by atoms with Crippen molar-refractivity contribution in [2.24, 2.45) is 0 Å². The van der Waals surface area contributed by atoms with Crippen molar-refractivity contribution in [1.29, 1.82) is 0 Å². The van der Waals surface area contributed by atoms with Crippen molar-refractivity contribution in [3.05, 3.63) is 10.4 Å². The SMILES string of the molecule is CN1CCN(C(=O)c2scnc2N)CC1. The molecule has 15 heavy (non-hydrogen) atoms. The number of anilines is 1. The highest BCUT2D eigenvalue weighted by molar-refractivity contribution is 7.12. The van der Waals surface area contributed by atoms with Crippen LogP contribution in [0.15, 0.2) is 5.51 Å². The van der Waals surface area contributed by atoms with E-state index in [-0.39, 0.29) is 5.91 Å². The second-order valence-corrected chi connectivity index (χ2v) is 4.52. The van der Waals surface area contributed by atoms with E-state index in [1.807, 2.05) is 4.90 Å². The van der Waals surface area contributed by atoms with Gasteiger partial charge >= 0.3 is 0 Å². The highest BCUT2D eigenvalue weighted by atomic mass is 32.1. The van der Waals surface area contributed by atoms with Crippen molar-refractivity contribution < 1.29 is 4.79 Å². The molecule has 1 aliphatic rings. The zero-order valence-electron chi connectivity index (χ0n) is 8.64. The molecule has 0 radical (unpaired) electrons. The molecular weight excluding hydrogens is 212 g/mol. The van der Waals surface area contributed by atoms with Gasteiger partial charge in [0.15, 0.2) is 0 Å². The summed E-state index contributed by atoms with van der Waals surface area (Å²) in [4.78, 5) is 20.5. The number of nitrogen functional groups attached to an aromatic ring is 1. The van der Waals surface area contributed by atoms with Crippen LogP contribution in [0.5, 0.6) is 0 Å². The Bertz CT molecular complexity index is 357. The van der Waals surface area contributed by atoms with E-state index in [0.29, 0.717) is 10.7 Å². The van der Waals surface area contributed by atoms with E-state index in [1.165, 1.54) is 11.3 Å². The minimum absolute atomic E-state index is 0.0168. The van der Waals surface area contributed by atoms with E-state index in [0.717, 1.165) is 26.2 Å². The lowest BCUT2D eigenvalue weighted by Crippen LogP contribution is -2.47. The Morgan fingerprint density at radius 3 is 2.67 bits per heavy atom. The van der Waals surface area contributed by atoms with E-state index >= 15 is 0 Å². The van der Waals surface area contributed by atoms with Crippen molar-refractivity contribution in [2.45, 2.75) is 0 Å². The predicted octanol–water partition coefficient (Wildman–Crippen LogP) is 0.113. The third kappa shape index (κ3) is 2.10. The van der Waals surface area contributed by atoms with Crippen LogP contribution in [0.4, 0.5) is 5.82 Å². The summed E-state index contributed by atoms with van der Waals surface area (Å²) in [6.07, 6.45) is 0. The van der Waals surface area contributed by atoms with E-state index in [2.05, 4.69) is 16.9 Å². The van der Waals surface area contributed by atoms with Crippen molar-refractivity contribution in [3.63, 3.8) is 0 Å². The summed E-state index contributed by atoms with van der Waals surface area (Å²) in [7, 11) is 2.06. The minimum atomic E-state index is 0.0168. The standard InChI is InChI=1S/C9H14N4OS/c1-12-2-4-13(5-3-12)9(14)7-8(10)11-6-15-7/h6H,2-5,10H2,1H3. The fourth-order valence-electron chi connectivity index (χ4n) is 1.57. The summed E-state index contributed by atoms with van der Waals surface area (Å²) < 4.78 is 0. The molecule has 1 aromatic rings. The number of nitrogens with two attached hydrogens (primary N) is 1. The summed E-state index contributed by atoms with van der Waals surface area (Å²) in [5.41, 5.74) is 7.23. The van der Waals surface area contributed by atoms with E-state index < -0.39 is 0 Å². The molecule has 2 rings (SSSR count). The van der Waals surface area contributed by atoms with Crippen LogP contribution in [0.1, 0.15) is 9.67 Å². The Kier molecular flexibility index (Phi) is 2.88. The number of carbonyl (C=O) groups is 1. The molecule has 1 amide bonds. The molecule has 0 aromatic carbocycles. The normalized spacial score (nSPS) is 18.1. The Balaban J connectivity index is 2.06. The third-order valence-electron chi connectivity index (χ3n) is 2.58. The number of carbonyl (C=O) groups excluding carboxylic acids is 1. The number of hydrogen-bond acceptors (Lipinski definition) is 5. The largest absolute Gasteiger partial charge is 0.382 e. The number of amides is 1. The molecule has 1 fully saturated rings. The number of nitrogens with zero attached hydrogens (tertiary/aromatic N) is 3. The van der Waals surface area contributed by atoms with Crippen LogP contribution < -0.4 is 5.73 Å². The molecule has 82 valence electrons. The number of piperazine rings is 1. The maximum atomic E-state index is 12.0. The van der Waals surface area contributed by atoms with Crippen LogP contribution in [0.3, 0.4) is 0 Å². The topological polar surface area (TPSA) is 62.5 Å². The van der Waals surface area contributed by atoms with Crippen LogP contribution in [0, 0.1) is 0 Å². The van der Waals surface area contributed by atoms with Crippen LogP contribution in [-0.4, -0.2) is 53.9 Å². The second-order valence-electron chi connectivity index (χ2n) is 3.66. The zero-order valence-corrected chi connectivity index (χ0v) is 9.46. The highest BCUT2D eigenvalue weighted by Crippen LogP contribution is 2.18. The molecule has 0 bridgehead atoms. The lowest BCUT2D eigenvalue weighted by molar-refractivity contribution is 0.0670. The quantitative estimate of drug-likeness (QED) is 0.738. The van der Waals surface area contributed by atoms with Gasteiger partial charge < -0.3 is 15.5 Å². The summed E-state index contributed by atoms with van der Waals surface area (Å²) >= 11 is 1.31. The van der Waals surface area contributed by atoms with Gasteiger partial charge in [-0.2, -0.15) is 0 Å². The average Bonchev–Trinajstić information content (AvgIpc) is 2.65. The van der Waals surface area contributed by atoms with Gasteiger partial charge in [0.2, 0.25) is 0 Å². The summed E-state index contributed by atoms with van der Waals surface area (Å²) in [6, 6.07) is 0. The molecule has 0 saturated carbocycles. The van der Waals surface area contributed by atoms with E-state index in [1.54, 1.807) is 5.51 Å². The molecule has 0 aliphatic carbocycles. The molecule has 2 heterocycles. The molecule has 5 nitrogen and oxygen atoms in total. The van der Waals surface area contributed by atoms with E-state index in [4.69, 9.17) is 5.73 Å². The number of hydrogen-bond donors (Lipinski definition) is 1.